The summed E-state index contributed by atoms with van der Waals surface area (Å²) >= 11 is 0. The van der Waals surface area contributed by atoms with Crippen molar-refractivity contribution in [3.63, 3.8) is 0 Å². The van der Waals surface area contributed by atoms with Gasteiger partial charge in [-0.2, -0.15) is 13.2 Å². The van der Waals surface area contributed by atoms with E-state index >= 15 is 0 Å². The van der Waals surface area contributed by atoms with E-state index < -0.39 is 22.9 Å². The third kappa shape index (κ3) is 2.33. The summed E-state index contributed by atoms with van der Waals surface area (Å²) in [5.41, 5.74) is -3.79. The van der Waals surface area contributed by atoms with Gasteiger partial charge in [0.15, 0.2) is 6.29 Å². The lowest BCUT2D eigenvalue weighted by molar-refractivity contribution is -0.141. The minimum atomic E-state index is -4.62. The molecule has 1 atom stereocenters. The summed E-state index contributed by atoms with van der Waals surface area (Å²) in [6.07, 6.45) is -2.80. The Morgan fingerprint density at radius 2 is 2.00 bits per heavy atom. The Bertz CT molecular complexity index is 374. The summed E-state index contributed by atoms with van der Waals surface area (Å²) in [6, 6.07) is 0.716. The fourth-order valence-electron chi connectivity index (χ4n) is 1.11. The fraction of sp³-hybridized carbons (Fsp3) is 0.333. The Kier molecular flexibility index (Phi) is 2.81. The monoisotopic (exact) mass is 219 g/mol. The summed E-state index contributed by atoms with van der Waals surface area (Å²) in [5, 5.41) is 9.43. The van der Waals surface area contributed by atoms with E-state index in [1.165, 1.54) is 0 Å². The molecule has 1 rings (SSSR count). The van der Waals surface area contributed by atoms with E-state index in [1.54, 1.807) is 0 Å². The summed E-state index contributed by atoms with van der Waals surface area (Å²) in [4.78, 5) is 13.9. The number of aliphatic hydroxyl groups is 1. The number of rotatable bonds is 2. The van der Waals surface area contributed by atoms with Crippen molar-refractivity contribution in [1.29, 1.82) is 0 Å². The molecule has 0 aromatic carbocycles. The van der Waals surface area contributed by atoms with Crippen LogP contribution in [0.25, 0.3) is 0 Å². The van der Waals surface area contributed by atoms with Gasteiger partial charge in [-0.05, 0) is 13.0 Å². The largest absolute Gasteiger partial charge is 0.416 e. The number of aldehydes is 1. The van der Waals surface area contributed by atoms with Crippen LogP contribution in [0, 0.1) is 0 Å². The van der Waals surface area contributed by atoms with Gasteiger partial charge in [0.2, 0.25) is 0 Å². The highest BCUT2D eigenvalue weighted by Gasteiger charge is 2.38. The van der Waals surface area contributed by atoms with E-state index in [0.29, 0.717) is 6.07 Å². The maximum Gasteiger partial charge on any atom is 0.416 e. The third-order valence-corrected chi connectivity index (χ3v) is 1.90. The van der Waals surface area contributed by atoms with Gasteiger partial charge in [0.05, 0.1) is 5.56 Å². The molecule has 6 heteroatoms. The summed E-state index contributed by atoms with van der Waals surface area (Å²) < 4.78 is 37.4. The first kappa shape index (κ1) is 11.6. The topological polar surface area (TPSA) is 50.2 Å². The molecule has 0 aliphatic heterocycles. The minimum absolute atomic E-state index is 0.0409. The average molecular weight is 219 g/mol. The zero-order chi connectivity index (χ0) is 11.7. The van der Waals surface area contributed by atoms with Gasteiger partial charge in [-0.3, -0.25) is 9.78 Å². The number of hydrogen-bond acceptors (Lipinski definition) is 3. The number of carbonyl (C=O) groups excluding carboxylic acids is 1. The maximum atomic E-state index is 12.5. The van der Waals surface area contributed by atoms with Gasteiger partial charge in [0.25, 0.3) is 0 Å². The predicted molar refractivity (Wildman–Crippen MR) is 44.9 cm³/mol. The van der Waals surface area contributed by atoms with Crippen LogP contribution in [0.5, 0.6) is 0 Å². The van der Waals surface area contributed by atoms with Crippen LogP contribution in [0.3, 0.4) is 0 Å². The Labute approximate surface area is 83.6 Å². The maximum absolute atomic E-state index is 12.5. The molecule has 0 bridgehead atoms. The van der Waals surface area contributed by atoms with Gasteiger partial charge >= 0.3 is 6.18 Å². The van der Waals surface area contributed by atoms with Crippen molar-refractivity contribution in [3.8, 4) is 0 Å². The highest BCUT2D eigenvalue weighted by atomic mass is 19.4. The lowest BCUT2D eigenvalue weighted by atomic mass is 9.94. The van der Waals surface area contributed by atoms with Gasteiger partial charge in [0, 0.05) is 18.0 Å². The first-order chi connectivity index (χ1) is 6.79. The molecule has 0 radical (unpaired) electrons. The first-order valence-corrected chi connectivity index (χ1v) is 3.99. The van der Waals surface area contributed by atoms with Crippen molar-refractivity contribution in [2.75, 3.05) is 0 Å². The Morgan fingerprint density at radius 3 is 2.47 bits per heavy atom. The molecule has 3 nitrogen and oxygen atoms in total. The molecule has 1 aromatic heterocycles. The Hall–Kier alpha value is -1.43. The molecular weight excluding hydrogens is 211 g/mol. The van der Waals surface area contributed by atoms with Crippen LogP contribution in [-0.2, 0) is 16.6 Å². The molecule has 0 aliphatic rings. The molecular formula is C9H8F3NO2. The SMILES string of the molecule is CC(O)(C=O)c1cnccc1C(F)(F)F. The van der Waals surface area contributed by atoms with E-state index in [0.717, 1.165) is 19.3 Å². The molecule has 0 saturated carbocycles. The van der Waals surface area contributed by atoms with Gasteiger partial charge in [-0.1, -0.05) is 0 Å². The van der Waals surface area contributed by atoms with Crippen molar-refractivity contribution in [2.45, 2.75) is 18.7 Å². The van der Waals surface area contributed by atoms with Crippen molar-refractivity contribution in [1.82, 2.24) is 4.98 Å². The highest BCUT2D eigenvalue weighted by Crippen LogP contribution is 2.35. The van der Waals surface area contributed by atoms with Crippen LogP contribution >= 0.6 is 0 Å². The normalized spacial score (nSPS) is 15.8. The summed E-state index contributed by atoms with van der Waals surface area (Å²) in [6.45, 7) is 0.978. The number of halogens is 3. The second kappa shape index (κ2) is 3.62. The predicted octanol–water partition coefficient (Wildman–Crippen LogP) is 1.51. The number of pyridine rings is 1. The molecule has 1 aromatic rings. The van der Waals surface area contributed by atoms with Crippen molar-refractivity contribution < 1.29 is 23.1 Å². The fourth-order valence-corrected chi connectivity index (χ4v) is 1.11. The van der Waals surface area contributed by atoms with Gasteiger partial charge in [-0.25, -0.2) is 0 Å². The van der Waals surface area contributed by atoms with Crippen molar-refractivity contribution in [2.24, 2.45) is 0 Å². The molecule has 15 heavy (non-hydrogen) atoms. The first-order valence-electron chi connectivity index (χ1n) is 3.99. The number of nitrogens with zero attached hydrogens (tertiary/aromatic N) is 1. The van der Waals surface area contributed by atoms with E-state index in [2.05, 4.69) is 4.98 Å². The van der Waals surface area contributed by atoms with Crippen LogP contribution in [0.4, 0.5) is 13.2 Å². The smallest absolute Gasteiger partial charge is 0.378 e. The standard InChI is InChI=1S/C9H8F3NO2/c1-8(15,5-14)7-4-13-3-2-6(7)9(10,11)12/h2-5,15H,1H3. The van der Waals surface area contributed by atoms with Crippen LogP contribution < -0.4 is 0 Å². The van der Waals surface area contributed by atoms with Crippen LogP contribution in [0.1, 0.15) is 18.1 Å². The molecule has 1 unspecified atom stereocenters. The number of hydrogen-bond donors (Lipinski definition) is 1. The second-order valence-corrected chi connectivity index (χ2v) is 3.18. The summed E-state index contributed by atoms with van der Waals surface area (Å²) in [7, 11) is 0. The van der Waals surface area contributed by atoms with Crippen molar-refractivity contribution in [3.05, 3.63) is 29.6 Å². The molecule has 0 amide bonds. The molecule has 1 heterocycles. The lowest BCUT2D eigenvalue weighted by Gasteiger charge is -2.20. The van der Waals surface area contributed by atoms with Crippen LogP contribution in [0.15, 0.2) is 18.5 Å². The van der Waals surface area contributed by atoms with Gasteiger partial charge in [-0.15, -0.1) is 0 Å². The Balaban J connectivity index is 3.37. The third-order valence-electron chi connectivity index (χ3n) is 1.90. The average Bonchev–Trinajstić information content (AvgIpc) is 2.16. The van der Waals surface area contributed by atoms with E-state index in [4.69, 9.17) is 0 Å². The van der Waals surface area contributed by atoms with Crippen molar-refractivity contribution >= 4 is 6.29 Å². The molecule has 0 spiro atoms. The number of aromatic nitrogens is 1. The molecule has 0 saturated heterocycles. The zero-order valence-corrected chi connectivity index (χ0v) is 7.75. The van der Waals surface area contributed by atoms with Gasteiger partial charge in [0.1, 0.15) is 5.60 Å². The second-order valence-electron chi connectivity index (χ2n) is 3.18. The molecule has 82 valence electrons. The quantitative estimate of drug-likeness (QED) is 0.767. The molecule has 1 N–H and O–H groups in total. The number of alkyl halides is 3. The van der Waals surface area contributed by atoms with Crippen LogP contribution in [0.2, 0.25) is 0 Å². The lowest BCUT2D eigenvalue weighted by Crippen LogP contribution is -2.27. The minimum Gasteiger partial charge on any atom is -0.378 e. The molecule has 0 aliphatic carbocycles. The van der Waals surface area contributed by atoms with E-state index in [9.17, 15) is 23.1 Å². The van der Waals surface area contributed by atoms with Gasteiger partial charge < -0.3 is 5.11 Å². The highest BCUT2D eigenvalue weighted by molar-refractivity contribution is 5.66. The Morgan fingerprint density at radius 1 is 1.40 bits per heavy atom. The zero-order valence-electron chi connectivity index (χ0n) is 7.75. The van der Waals surface area contributed by atoms with Crippen LogP contribution in [-0.4, -0.2) is 16.4 Å². The molecule has 0 fully saturated rings. The summed E-state index contributed by atoms with van der Waals surface area (Å²) in [5.74, 6) is 0. The van der Waals surface area contributed by atoms with E-state index in [-0.39, 0.29) is 6.29 Å². The number of carbonyl (C=O) groups is 1. The van der Waals surface area contributed by atoms with E-state index in [1.807, 2.05) is 0 Å².